The van der Waals surface area contributed by atoms with E-state index < -0.39 is 0 Å². The molecule has 0 bridgehead atoms. The van der Waals surface area contributed by atoms with Crippen LogP contribution in [0.15, 0.2) is 11.6 Å². The topological polar surface area (TPSA) is 20.3 Å². The summed E-state index contributed by atoms with van der Waals surface area (Å²) in [6.45, 7) is 5.79. The van der Waals surface area contributed by atoms with Crippen LogP contribution in [0.1, 0.15) is 58.8 Å². The number of hydrogen-bond acceptors (Lipinski definition) is 1. The van der Waals surface area contributed by atoms with E-state index in [0.29, 0.717) is 5.91 Å². The van der Waals surface area contributed by atoms with Gasteiger partial charge in [0, 0.05) is 19.5 Å². The van der Waals surface area contributed by atoms with Gasteiger partial charge in [-0.3, -0.25) is 4.79 Å². The molecule has 1 aliphatic rings. The lowest BCUT2D eigenvalue weighted by Gasteiger charge is -2.18. The summed E-state index contributed by atoms with van der Waals surface area (Å²) in [5.41, 5.74) is 1.64. The fourth-order valence-corrected chi connectivity index (χ4v) is 1.99. The molecule has 0 unspecified atom stereocenters. The van der Waals surface area contributed by atoms with Crippen LogP contribution in [0, 0.1) is 0 Å². The van der Waals surface area contributed by atoms with Gasteiger partial charge in [-0.05, 0) is 39.5 Å². The second kappa shape index (κ2) is 7.48. The zero-order valence-corrected chi connectivity index (χ0v) is 10.8. The van der Waals surface area contributed by atoms with Crippen LogP contribution in [-0.4, -0.2) is 23.9 Å². The minimum absolute atomic E-state index is 0.329. The van der Waals surface area contributed by atoms with Crippen molar-refractivity contribution in [1.29, 1.82) is 0 Å². The molecule has 2 nitrogen and oxygen atoms in total. The Morgan fingerprint density at radius 2 is 1.81 bits per heavy atom. The third kappa shape index (κ3) is 5.34. The van der Waals surface area contributed by atoms with E-state index in [4.69, 9.17) is 0 Å². The van der Waals surface area contributed by atoms with Gasteiger partial charge in [-0.2, -0.15) is 0 Å². The molecule has 2 heteroatoms. The summed E-state index contributed by atoms with van der Waals surface area (Å²) in [6.07, 6.45) is 10.5. The van der Waals surface area contributed by atoms with Crippen LogP contribution in [0.2, 0.25) is 0 Å². The Morgan fingerprint density at radius 1 is 1.19 bits per heavy atom. The van der Waals surface area contributed by atoms with Crippen LogP contribution in [0.3, 0.4) is 0 Å². The van der Waals surface area contributed by atoms with Crippen molar-refractivity contribution >= 4 is 5.91 Å². The molecular weight excluding hydrogens is 198 g/mol. The summed E-state index contributed by atoms with van der Waals surface area (Å²) in [5.74, 6) is 0.329. The molecule has 0 N–H and O–H groups in total. The van der Waals surface area contributed by atoms with Crippen molar-refractivity contribution in [2.45, 2.75) is 58.8 Å². The molecule has 0 aromatic rings. The number of rotatable bonds is 9. The minimum atomic E-state index is 0.329. The smallest absolute Gasteiger partial charge is 0.222 e. The maximum Gasteiger partial charge on any atom is 0.222 e. The zero-order valence-electron chi connectivity index (χ0n) is 10.8. The van der Waals surface area contributed by atoms with E-state index in [9.17, 15) is 4.79 Å². The van der Waals surface area contributed by atoms with Crippen molar-refractivity contribution in [2.75, 3.05) is 13.1 Å². The van der Waals surface area contributed by atoms with Gasteiger partial charge >= 0.3 is 0 Å². The van der Waals surface area contributed by atoms with Crippen LogP contribution >= 0.6 is 0 Å². The molecule has 16 heavy (non-hydrogen) atoms. The Balaban J connectivity index is 1.92. The standard InChI is InChI=1S/C14H25NO/c1-3-15(4-2)14(16)10-8-6-5-7-9-13-11-12-13/h11H,3-10,12H2,1-2H3. The maximum atomic E-state index is 11.7. The molecule has 92 valence electrons. The van der Waals surface area contributed by atoms with Gasteiger partial charge in [-0.15, -0.1) is 0 Å². The first-order valence-corrected chi connectivity index (χ1v) is 6.73. The second-order valence-electron chi connectivity index (χ2n) is 4.55. The van der Waals surface area contributed by atoms with Crippen LogP contribution in [0.4, 0.5) is 0 Å². The third-order valence-electron chi connectivity index (χ3n) is 3.25. The quantitative estimate of drug-likeness (QED) is 0.432. The van der Waals surface area contributed by atoms with E-state index in [-0.39, 0.29) is 0 Å². The first-order valence-electron chi connectivity index (χ1n) is 6.73. The summed E-state index contributed by atoms with van der Waals surface area (Å²) in [6, 6.07) is 0. The number of carbonyl (C=O) groups is 1. The van der Waals surface area contributed by atoms with Crippen LogP contribution in [0.5, 0.6) is 0 Å². The molecule has 0 aromatic carbocycles. The number of carbonyl (C=O) groups excluding carboxylic acids is 1. The van der Waals surface area contributed by atoms with E-state index >= 15 is 0 Å². The summed E-state index contributed by atoms with van der Waals surface area (Å²) in [5, 5.41) is 0. The number of hydrogen-bond donors (Lipinski definition) is 0. The second-order valence-corrected chi connectivity index (χ2v) is 4.55. The highest BCUT2D eigenvalue weighted by atomic mass is 16.2. The lowest BCUT2D eigenvalue weighted by Crippen LogP contribution is -2.30. The van der Waals surface area contributed by atoms with E-state index in [2.05, 4.69) is 6.08 Å². The molecule has 0 radical (unpaired) electrons. The Hall–Kier alpha value is -0.790. The highest BCUT2D eigenvalue weighted by Gasteiger charge is 2.09. The summed E-state index contributed by atoms with van der Waals surface area (Å²) in [4.78, 5) is 13.6. The molecule has 0 heterocycles. The van der Waals surface area contributed by atoms with Gasteiger partial charge in [0.15, 0.2) is 0 Å². The van der Waals surface area contributed by atoms with Gasteiger partial charge in [0.2, 0.25) is 5.91 Å². The summed E-state index contributed by atoms with van der Waals surface area (Å²) < 4.78 is 0. The number of allylic oxidation sites excluding steroid dienone is 2. The third-order valence-corrected chi connectivity index (χ3v) is 3.25. The monoisotopic (exact) mass is 223 g/mol. The van der Waals surface area contributed by atoms with Crippen LogP contribution in [0.25, 0.3) is 0 Å². The largest absolute Gasteiger partial charge is 0.343 e. The van der Waals surface area contributed by atoms with Crippen molar-refractivity contribution < 1.29 is 4.79 Å². The Labute approximate surface area is 99.7 Å². The fourth-order valence-electron chi connectivity index (χ4n) is 1.99. The molecule has 1 rings (SSSR count). The molecule has 0 atom stereocenters. The van der Waals surface area contributed by atoms with Gasteiger partial charge in [-0.25, -0.2) is 0 Å². The average Bonchev–Trinajstić information content (AvgIpc) is 3.09. The van der Waals surface area contributed by atoms with Gasteiger partial charge in [0.05, 0.1) is 0 Å². The Bertz CT molecular complexity index is 241. The normalized spacial score (nSPS) is 13.5. The maximum absolute atomic E-state index is 11.7. The molecule has 1 amide bonds. The summed E-state index contributed by atoms with van der Waals surface area (Å²) >= 11 is 0. The number of unbranched alkanes of at least 4 members (excludes halogenated alkanes) is 3. The highest BCUT2D eigenvalue weighted by Crippen LogP contribution is 2.24. The average molecular weight is 223 g/mol. The first kappa shape index (κ1) is 13.3. The SMILES string of the molecule is CCN(CC)C(=O)CCCCCCC1=CC1. The Morgan fingerprint density at radius 3 is 2.38 bits per heavy atom. The molecule has 0 saturated heterocycles. The molecule has 0 saturated carbocycles. The molecule has 0 fully saturated rings. The predicted octanol–water partition coefficient (Wildman–Crippen LogP) is 3.53. The fraction of sp³-hybridized carbons (Fsp3) is 0.786. The van der Waals surface area contributed by atoms with Crippen LogP contribution in [-0.2, 0) is 4.79 Å². The minimum Gasteiger partial charge on any atom is -0.343 e. The molecule has 0 aromatic heterocycles. The lowest BCUT2D eigenvalue weighted by molar-refractivity contribution is -0.130. The van der Waals surface area contributed by atoms with Gasteiger partial charge in [-0.1, -0.05) is 24.5 Å². The van der Waals surface area contributed by atoms with Crippen LogP contribution < -0.4 is 0 Å². The van der Waals surface area contributed by atoms with E-state index in [1.54, 1.807) is 5.57 Å². The lowest BCUT2D eigenvalue weighted by atomic mass is 10.1. The number of nitrogens with zero attached hydrogens (tertiary/aromatic N) is 1. The van der Waals surface area contributed by atoms with Crippen molar-refractivity contribution in [3.05, 3.63) is 11.6 Å². The van der Waals surface area contributed by atoms with E-state index in [0.717, 1.165) is 25.9 Å². The van der Waals surface area contributed by atoms with Gasteiger partial charge < -0.3 is 4.90 Å². The van der Waals surface area contributed by atoms with E-state index in [1.165, 1.54) is 32.1 Å². The van der Waals surface area contributed by atoms with E-state index in [1.807, 2.05) is 18.7 Å². The van der Waals surface area contributed by atoms with Gasteiger partial charge in [0.25, 0.3) is 0 Å². The van der Waals surface area contributed by atoms with Crippen molar-refractivity contribution in [3.63, 3.8) is 0 Å². The van der Waals surface area contributed by atoms with Crippen molar-refractivity contribution in [3.8, 4) is 0 Å². The molecule has 0 aliphatic heterocycles. The molecule has 1 aliphatic carbocycles. The molecular formula is C14H25NO. The first-order chi connectivity index (χ1) is 7.77. The number of amides is 1. The van der Waals surface area contributed by atoms with Crippen molar-refractivity contribution in [1.82, 2.24) is 4.90 Å². The summed E-state index contributed by atoms with van der Waals surface area (Å²) in [7, 11) is 0. The predicted molar refractivity (Wildman–Crippen MR) is 68.3 cm³/mol. The van der Waals surface area contributed by atoms with Crippen molar-refractivity contribution in [2.24, 2.45) is 0 Å². The Kier molecular flexibility index (Phi) is 6.20. The molecule has 0 spiro atoms. The highest BCUT2D eigenvalue weighted by molar-refractivity contribution is 5.75. The van der Waals surface area contributed by atoms with Gasteiger partial charge in [0.1, 0.15) is 0 Å². The zero-order chi connectivity index (χ0) is 11.8.